The highest BCUT2D eigenvalue weighted by Crippen LogP contribution is 2.24. The number of carbonyl (C=O) groups is 2. The fraction of sp³-hybridized carbons (Fsp3) is 0.333. The lowest BCUT2D eigenvalue weighted by atomic mass is 9.89. The summed E-state index contributed by atoms with van der Waals surface area (Å²) in [5.74, 6) is 0.0209. The van der Waals surface area contributed by atoms with E-state index in [2.05, 4.69) is 17.4 Å². The van der Waals surface area contributed by atoms with Crippen LogP contribution in [-0.4, -0.2) is 36.3 Å². The highest BCUT2D eigenvalue weighted by molar-refractivity contribution is 5.98. The summed E-state index contributed by atoms with van der Waals surface area (Å²) in [5.41, 5.74) is 2.97. The van der Waals surface area contributed by atoms with Crippen LogP contribution >= 0.6 is 0 Å². The Balaban J connectivity index is 1.69. The number of rotatable bonds is 4. The van der Waals surface area contributed by atoms with Crippen LogP contribution in [0.15, 0.2) is 54.6 Å². The predicted molar refractivity (Wildman–Crippen MR) is 99.6 cm³/mol. The van der Waals surface area contributed by atoms with Crippen LogP contribution in [0.3, 0.4) is 0 Å². The predicted octanol–water partition coefficient (Wildman–Crippen LogP) is 3.98. The number of nitrogens with one attached hydrogen (secondary N) is 1. The van der Waals surface area contributed by atoms with E-state index >= 15 is 0 Å². The maximum atomic E-state index is 12.8. The maximum Gasteiger partial charge on any atom is 0.317 e. The molecule has 0 bridgehead atoms. The number of ketones is 1. The molecule has 0 aliphatic carbocycles. The Hall–Kier alpha value is -2.62. The minimum absolute atomic E-state index is 0.0700. The molecule has 1 N–H and O–H groups in total. The van der Waals surface area contributed by atoms with Crippen molar-refractivity contribution in [2.24, 2.45) is 5.92 Å². The monoisotopic (exact) mass is 336 g/mol. The molecule has 1 aliphatic rings. The van der Waals surface area contributed by atoms with Crippen molar-refractivity contribution in [3.63, 3.8) is 0 Å². The number of hydrogen-bond donors (Lipinski definition) is 1. The molecule has 0 saturated carbocycles. The van der Waals surface area contributed by atoms with Gasteiger partial charge in [0, 0.05) is 31.1 Å². The summed E-state index contributed by atoms with van der Waals surface area (Å²) >= 11 is 0. The van der Waals surface area contributed by atoms with Gasteiger partial charge in [-0.05, 0) is 30.9 Å². The van der Waals surface area contributed by atoms with Crippen LogP contribution in [-0.2, 0) is 0 Å². The van der Waals surface area contributed by atoms with Crippen molar-refractivity contribution in [3.05, 3.63) is 60.2 Å². The van der Waals surface area contributed by atoms with E-state index in [1.54, 1.807) is 4.90 Å². The largest absolute Gasteiger partial charge is 0.338 e. The Labute approximate surface area is 148 Å². The Kier molecular flexibility index (Phi) is 5.49. The molecular weight excluding hydrogens is 312 g/mol. The molecule has 3 rings (SSSR count). The molecule has 1 saturated heterocycles. The van der Waals surface area contributed by atoms with Crippen LogP contribution < -0.4 is 5.32 Å². The molecule has 2 aromatic rings. The molecule has 4 nitrogen and oxygen atoms in total. The number of amides is 2. The number of Topliss-reactive ketones (excluding diaryl/α,β-unsaturated/α-hetero) is 1. The van der Waals surface area contributed by atoms with Crippen LogP contribution in [0.5, 0.6) is 0 Å². The van der Waals surface area contributed by atoms with E-state index in [0.717, 1.165) is 36.1 Å². The van der Waals surface area contributed by atoms with Gasteiger partial charge < -0.3 is 10.2 Å². The molecule has 130 valence electrons. The normalized spacial score (nSPS) is 17.2. The summed E-state index contributed by atoms with van der Waals surface area (Å²) in [6, 6.07) is 17.8. The second-order valence-corrected chi connectivity index (χ2v) is 6.43. The van der Waals surface area contributed by atoms with E-state index in [-0.39, 0.29) is 17.7 Å². The molecule has 1 aliphatic heterocycles. The van der Waals surface area contributed by atoms with Crippen molar-refractivity contribution in [3.8, 4) is 11.1 Å². The standard InChI is InChI=1S/C21H24N2O2/c1-2-22-21(25)23-14-6-9-19(15-23)20(24)18-12-10-17(11-13-18)16-7-4-3-5-8-16/h3-5,7-8,10-13,19H,2,6,9,14-15H2,1H3,(H,22,25). The van der Waals surface area contributed by atoms with Crippen molar-refractivity contribution in [1.82, 2.24) is 10.2 Å². The van der Waals surface area contributed by atoms with Gasteiger partial charge in [-0.2, -0.15) is 0 Å². The van der Waals surface area contributed by atoms with E-state index in [4.69, 9.17) is 0 Å². The van der Waals surface area contributed by atoms with Gasteiger partial charge in [0.25, 0.3) is 0 Å². The summed E-state index contributed by atoms with van der Waals surface area (Å²) < 4.78 is 0. The smallest absolute Gasteiger partial charge is 0.317 e. The van der Waals surface area contributed by atoms with E-state index < -0.39 is 0 Å². The molecule has 25 heavy (non-hydrogen) atoms. The minimum Gasteiger partial charge on any atom is -0.338 e. The highest BCUT2D eigenvalue weighted by Gasteiger charge is 2.28. The van der Waals surface area contributed by atoms with Gasteiger partial charge in [0.05, 0.1) is 0 Å². The number of benzene rings is 2. The first-order valence-electron chi connectivity index (χ1n) is 8.91. The molecule has 2 aromatic carbocycles. The third kappa shape index (κ3) is 4.08. The Morgan fingerprint density at radius 3 is 2.40 bits per heavy atom. The number of urea groups is 1. The quantitative estimate of drug-likeness (QED) is 0.859. The topological polar surface area (TPSA) is 49.4 Å². The van der Waals surface area contributed by atoms with Crippen LogP contribution in [0.4, 0.5) is 4.79 Å². The fourth-order valence-electron chi connectivity index (χ4n) is 3.33. The molecule has 1 fully saturated rings. The molecule has 1 unspecified atom stereocenters. The molecule has 0 radical (unpaired) electrons. The average molecular weight is 336 g/mol. The maximum absolute atomic E-state index is 12.8. The second kappa shape index (κ2) is 7.97. The van der Waals surface area contributed by atoms with Gasteiger partial charge in [-0.3, -0.25) is 4.79 Å². The van der Waals surface area contributed by atoms with Gasteiger partial charge >= 0.3 is 6.03 Å². The van der Waals surface area contributed by atoms with Crippen molar-refractivity contribution < 1.29 is 9.59 Å². The number of carbonyl (C=O) groups excluding carboxylic acids is 2. The lowest BCUT2D eigenvalue weighted by Crippen LogP contribution is -2.47. The highest BCUT2D eigenvalue weighted by atomic mass is 16.2. The van der Waals surface area contributed by atoms with Crippen molar-refractivity contribution in [2.45, 2.75) is 19.8 Å². The molecule has 2 amide bonds. The SMILES string of the molecule is CCNC(=O)N1CCCC(C(=O)c2ccc(-c3ccccc3)cc2)C1. The third-order valence-electron chi connectivity index (χ3n) is 4.68. The minimum atomic E-state index is -0.112. The molecule has 4 heteroatoms. The van der Waals surface area contributed by atoms with Gasteiger partial charge in [0.2, 0.25) is 0 Å². The van der Waals surface area contributed by atoms with Crippen molar-refractivity contribution >= 4 is 11.8 Å². The molecule has 0 aromatic heterocycles. The first-order valence-corrected chi connectivity index (χ1v) is 8.91. The Bertz CT molecular complexity index is 725. The average Bonchev–Trinajstić information content (AvgIpc) is 2.68. The zero-order valence-electron chi connectivity index (χ0n) is 14.6. The lowest BCUT2D eigenvalue weighted by Gasteiger charge is -2.32. The zero-order valence-corrected chi connectivity index (χ0v) is 14.6. The van der Waals surface area contributed by atoms with E-state index in [1.807, 2.05) is 49.4 Å². The van der Waals surface area contributed by atoms with Crippen LogP contribution in [0.1, 0.15) is 30.1 Å². The van der Waals surface area contributed by atoms with Gasteiger partial charge in [0.15, 0.2) is 5.78 Å². The number of piperidine rings is 1. The Morgan fingerprint density at radius 2 is 1.72 bits per heavy atom. The molecule has 1 heterocycles. The van der Waals surface area contributed by atoms with Gasteiger partial charge in [-0.15, -0.1) is 0 Å². The fourth-order valence-corrected chi connectivity index (χ4v) is 3.33. The van der Waals surface area contributed by atoms with Gasteiger partial charge in [-0.1, -0.05) is 54.6 Å². The first-order chi connectivity index (χ1) is 12.2. The van der Waals surface area contributed by atoms with Crippen molar-refractivity contribution in [2.75, 3.05) is 19.6 Å². The zero-order chi connectivity index (χ0) is 17.6. The molecular formula is C21H24N2O2. The summed E-state index contributed by atoms with van der Waals surface area (Å²) in [6.07, 6.45) is 1.71. The summed E-state index contributed by atoms with van der Waals surface area (Å²) in [5, 5.41) is 2.82. The van der Waals surface area contributed by atoms with Crippen LogP contribution in [0, 0.1) is 5.92 Å². The molecule has 1 atom stereocenters. The van der Waals surface area contributed by atoms with E-state index in [1.165, 1.54) is 0 Å². The second-order valence-electron chi connectivity index (χ2n) is 6.43. The number of nitrogens with zero attached hydrogens (tertiary/aromatic N) is 1. The van der Waals surface area contributed by atoms with Crippen LogP contribution in [0.25, 0.3) is 11.1 Å². The van der Waals surface area contributed by atoms with E-state index in [9.17, 15) is 9.59 Å². The summed E-state index contributed by atoms with van der Waals surface area (Å²) in [6.45, 7) is 3.74. The van der Waals surface area contributed by atoms with Gasteiger partial charge in [-0.25, -0.2) is 4.79 Å². The lowest BCUT2D eigenvalue weighted by molar-refractivity contribution is 0.0846. The number of likely N-dealkylation sites (tertiary alicyclic amines) is 1. The van der Waals surface area contributed by atoms with E-state index in [0.29, 0.717) is 13.1 Å². The summed E-state index contributed by atoms with van der Waals surface area (Å²) in [4.78, 5) is 26.6. The van der Waals surface area contributed by atoms with Crippen LogP contribution in [0.2, 0.25) is 0 Å². The first kappa shape index (κ1) is 17.2. The summed E-state index contributed by atoms with van der Waals surface area (Å²) in [7, 11) is 0. The molecule has 0 spiro atoms. The third-order valence-corrected chi connectivity index (χ3v) is 4.68. The Morgan fingerprint density at radius 1 is 1.04 bits per heavy atom. The van der Waals surface area contributed by atoms with Gasteiger partial charge in [0.1, 0.15) is 0 Å². The number of hydrogen-bond acceptors (Lipinski definition) is 2. The van der Waals surface area contributed by atoms with Crippen molar-refractivity contribution in [1.29, 1.82) is 0 Å².